The fraction of sp³-hybridized carbons (Fsp3) is 0.375. The molecule has 1 aromatic carbocycles. The number of hydrogen-bond donors (Lipinski definition) is 1. The predicted molar refractivity (Wildman–Crippen MR) is 87.5 cm³/mol. The van der Waals surface area contributed by atoms with Crippen molar-refractivity contribution in [2.75, 3.05) is 19.6 Å². The van der Waals surface area contributed by atoms with E-state index >= 15 is 0 Å². The molecule has 0 bridgehead atoms. The van der Waals surface area contributed by atoms with Gasteiger partial charge in [0.25, 0.3) is 0 Å². The minimum atomic E-state index is -0.266. The van der Waals surface area contributed by atoms with Gasteiger partial charge in [-0.3, -0.25) is 0 Å². The van der Waals surface area contributed by atoms with Crippen LogP contribution in [-0.4, -0.2) is 35.5 Å². The lowest BCUT2D eigenvalue weighted by molar-refractivity contribution is 0.203. The van der Waals surface area contributed by atoms with E-state index in [9.17, 15) is 9.18 Å². The lowest BCUT2D eigenvalue weighted by Crippen LogP contribution is -2.40. The number of urea groups is 1. The van der Waals surface area contributed by atoms with E-state index in [-0.39, 0.29) is 11.8 Å². The van der Waals surface area contributed by atoms with E-state index in [4.69, 9.17) is 0 Å². The molecule has 1 N–H and O–H groups in total. The SMILES string of the molecule is CCN(CC)C(=O)NCCc1csc(-c2ccccc2F)n1. The van der Waals surface area contributed by atoms with Crippen molar-refractivity contribution in [2.45, 2.75) is 20.3 Å². The van der Waals surface area contributed by atoms with E-state index in [0.29, 0.717) is 36.6 Å². The van der Waals surface area contributed by atoms with E-state index in [2.05, 4.69) is 10.3 Å². The topological polar surface area (TPSA) is 45.2 Å². The summed E-state index contributed by atoms with van der Waals surface area (Å²) in [5.74, 6) is -0.266. The molecular weight excluding hydrogens is 301 g/mol. The minimum Gasteiger partial charge on any atom is -0.338 e. The maximum absolute atomic E-state index is 13.7. The molecule has 118 valence electrons. The molecule has 0 unspecified atom stereocenters. The van der Waals surface area contributed by atoms with Crippen LogP contribution in [0.5, 0.6) is 0 Å². The van der Waals surface area contributed by atoms with Crippen LogP contribution < -0.4 is 5.32 Å². The summed E-state index contributed by atoms with van der Waals surface area (Å²) in [5.41, 5.74) is 1.38. The van der Waals surface area contributed by atoms with E-state index in [0.717, 1.165) is 5.69 Å². The number of amides is 2. The summed E-state index contributed by atoms with van der Waals surface area (Å²) in [5, 5.41) is 5.45. The largest absolute Gasteiger partial charge is 0.338 e. The van der Waals surface area contributed by atoms with Gasteiger partial charge in [0.15, 0.2) is 0 Å². The zero-order chi connectivity index (χ0) is 15.9. The Morgan fingerprint density at radius 3 is 2.73 bits per heavy atom. The molecule has 0 fully saturated rings. The normalized spacial score (nSPS) is 10.5. The zero-order valence-electron chi connectivity index (χ0n) is 12.8. The van der Waals surface area contributed by atoms with E-state index in [1.807, 2.05) is 19.2 Å². The van der Waals surface area contributed by atoms with Crippen LogP contribution in [-0.2, 0) is 6.42 Å². The monoisotopic (exact) mass is 321 g/mol. The molecule has 22 heavy (non-hydrogen) atoms. The summed E-state index contributed by atoms with van der Waals surface area (Å²) in [6.07, 6.45) is 0.637. The first-order chi connectivity index (χ1) is 10.7. The molecule has 0 radical (unpaired) electrons. The Hall–Kier alpha value is -1.95. The summed E-state index contributed by atoms with van der Waals surface area (Å²) >= 11 is 1.42. The summed E-state index contributed by atoms with van der Waals surface area (Å²) in [7, 11) is 0. The summed E-state index contributed by atoms with van der Waals surface area (Å²) in [6, 6.07) is 6.55. The van der Waals surface area contributed by atoms with E-state index in [1.54, 1.807) is 23.1 Å². The van der Waals surface area contributed by atoms with Gasteiger partial charge in [0.2, 0.25) is 0 Å². The van der Waals surface area contributed by atoms with Crippen molar-refractivity contribution in [3.05, 3.63) is 41.2 Å². The number of thiazole rings is 1. The van der Waals surface area contributed by atoms with Gasteiger partial charge in [0.1, 0.15) is 10.8 Å². The number of halogens is 1. The van der Waals surface area contributed by atoms with Gasteiger partial charge in [-0.15, -0.1) is 11.3 Å². The Morgan fingerprint density at radius 1 is 1.32 bits per heavy atom. The Balaban J connectivity index is 1.91. The van der Waals surface area contributed by atoms with Crippen molar-refractivity contribution < 1.29 is 9.18 Å². The van der Waals surface area contributed by atoms with Crippen LogP contribution in [0.1, 0.15) is 19.5 Å². The zero-order valence-corrected chi connectivity index (χ0v) is 13.6. The van der Waals surface area contributed by atoms with Crippen molar-refractivity contribution in [2.24, 2.45) is 0 Å². The van der Waals surface area contributed by atoms with Gasteiger partial charge in [-0.1, -0.05) is 12.1 Å². The maximum atomic E-state index is 13.7. The van der Waals surface area contributed by atoms with Crippen molar-refractivity contribution in [3.8, 4) is 10.6 Å². The smallest absolute Gasteiger partial charge is 0.317 e. The van der Waals surface area contributed by atoms with Gasteiger partial charge < -0.3 is 10.2 Å². The summed E-state index contributed by atoms with van der Waals surface area (Å²) < 4.78 is 13.7. The Bertz CT molecular complexity index is 625. The predicted octanol–water partition coefficient (Wildman–Crippen LogP) is 3.54. The molecule has 2 amide bonds. The quantitative estimate of drug-likeness (QED) is 0.884. The second kappa shape index (κ2) is 7.89. The van der Waals surface area contributed by atoms with Crippen molar-refractivity contribution >= 4 is 17.4 Å². The summed E-state index contributed by atoms with van der Waals surface area (Å²) in [6.45, 7) is 5.80. The van der Waals surface area contributed by atoms with Gasteiger partial charge >= 0.3 is 6.03 Å². The van der Waals surface area contributed by atoms with Crippen molar-refractivity contribution in [1.82, 2.24) is 15.2 Å². The molecule has 4 nitrogen and oxygen atoms in total. The highest BCUT2D eigenvalue weighted by atomic mass is 32.1. The van der Waals surface area contributed by atoms with Gasteiger partial charge in [-0.25, -0.2) is 14.2 Å². The first kappa shape index (κ1) is 16.4. The molecule has 0 aliphatic heterocycles. The van der Waals surface area contributed by atoms with Crippen LogP contribution in [0.2, 0.25) is 0 Å². The number of benzene rings is 1. The van der Waals surface area contributed by atoms with Gasteiger partial charge in [-0.05, 0) is 26.0 Å². The average Bonchev–Trinajstić information content (AvgIpc) is 2.97. The minimum absolute atomic E-state index is 0.0606. The third kappa shape index (κ3) is 4.04. The fourth-order valence-corrected chi connectivity index (χ4v) is 2.98. The molecule has 2 rings (SSSR count). The van der Waals surface area contributed by atoms with Gasteiger partial charge in [0.05, 0.1) is 5.69 Å². The number of hydrogen-bond acceptors (Lipinski definition) is 3. The highest BCUT2D eigenvalue weighted by Crippen LogP contribution is 2.26. The molecule has 1 heterocycles. The number of nitrogens with one attached hydrogen (secondary N) is 1. The molecule has 0 spiro atoms. The molecule has 0 aliphatic rings. The molecule has 6 heteroatoms. The lowest BCUT2D eigenvalue weighted by Gasteiger charge is -2.18. The molecule has 2 aromatic rings. The third-order valence-electron chi connectivity index (χ3n) is 3.36. The first-order valence-corrected chi connectivity index (χ1v) is 8.25. The first-order valence-electron chi connectivity index (χ1n) is 7.37. The van der Waals surface area contributed by atoms with Crippen LogP contribution in [0, 0.1) is 5.82 Å². The molecule has 0 saturated carbocycles. The van der Waals surface area contributed by atoms with Crippen LogP contribution >= 0.6 is 11.3 Å². The van der Waals surface area contributed by atoms with Crippen LogP contribution in [0.15, 0.2) is 29.6 Å². The molecule has 1 aromatic heterocycles. The van der Waals surface area contributed by atoms with Crippen LogP contribution in [0.4, 0.5) is 9.18 Å². The third-order valence-corrected chi connectivity index (χ3v) is 4.29. The van der Waals surface area contributed by atoms with E-state index < -0.39 is 0 Å². The Morgan fingerprint density at radius 2 is 2.05 bits per heavy atom. The summed E-state index contributed by atoms with van der Waals surface area (Å²) in [4.78, 5) is 18.0. The van der Waals surface area contributed by atoms with Crippen molar-refractivity contribution in [3.63, 3.8) is 0 Å². The Labute approximate surface area is 134 Å². The number of aromatic nitrogens is 1. The maximum Gasteiger partial charge on any atom is 0.317 e. The van der Waals surface area contributed by atoms with Crippen LogP contribution in [0.3, 0.4) is 0 Å². The van der Waals surface area contributed by atoms with E-state index in [1.165, 1.54) is 17.4 Å². The average molecular weight is 321 g/mol. The Kier molecular flexibility index (Phi) is 5.89. The lowest BCUT2D eigenvalue weighted by atomic mass is 10.2. The van der Waals surface area contributed by atoms with Crippen LogP contribution in [0.25, 0.3) is 10.6 Å². The molecule has 0 aliphatic carbocycles. The molecular formula is C16H20FN3OS. The van der Waals surface area contributed by atoms with Gasteiger partial charge in [0, 0.05) is 37.0 Å². The highest BCUT2D eigenvalue weighted by molar-refractivity contribution is 7.13. The number of carbonyl (C=O) groups excluding carboxylic acids is 1. The second-order valence-electron chi connectivity index (χ2n) is 4.78. The number of carbonyl (C=O) groups is 1. The fourth-order valence-electron chi connectivity index (χ4n) is 2.10. The molecule has 0 atom stereocenters. The molecule has 0 saturated heterocycles. The number of nitrogens with zero attached hydrogens (tertiary/aromatic N) is 2. The highest BCUT2D eigenvalue weighted by Gasteiger charge is 2.11. The van der Waals surface area contributed by atoms with Gasteiger partial charge in [-0.2, -0.15) is 0 Å². The number of rotatable bonds is 6. The standard InChI is InChI=1S/C16H20FN3OS/c1-3-20(4-2)16(21)18-10-9-12-11-22-15(19-12)13-7-5-6-8-14(13)17/h5-8,11H,3-4,9-10H2,1-2H3,(H,18,21). The second-order valence-corrected chi connectivity index (χ2v) is 5.64. The van der Waals surface area contributed by atoms with Crippen molar-refractivity contribution in [1.29, 1.82) is 0 Å².